The zero-order valence-electron chi connectivity index (χ0n) is 15.0. The second-order valence-electron chi connectivity index (χ2n) is 6.68. The molecule has 1 saturated heterocycles. The van der Waals surface area contributed by atoms with Crippen LogP contribution in [0.3, 0.4) is 0 Å². The molecule has 0 unspecified atom stereocenters. The van der Waals surface area contributed by atoms with Crippen molar-refractivity contribution in [1.29, 1.82) is 0 Å². The van der Waals surface area contributed by atoms with Gasteiger partial charge in [-0.05, 0) is 43.5 Å². The molecule has 3 aromatic rings. The summed E-state index contributed by atoms with van der Waals surface area (Å²) >= 11 is 0. The van der Waals surface area contributed by atoms with Crippen molar-refractivity contribution in [2.24, 2.45) is 0 Å². The zero-order valence-corrected chi connectivity index (χ0v) is 15.0. The van der Waals surface area contributed by atoms with Gasteiger partial charge in [0.25, 0.3) is 11.8 Å². The molecule has 144 valence electrons. The number of halogens is 2. The second-order valence-corrected chi connectivity index (χ2v) is 6.68. The molecule has 0 atom stereocenters. The van der Waals surface area contributed by atoms with Gasteiger partial charge in [-0.3, -0.25) is 14.0 Å². The lowest BCUT2D eigenvalue weighted by Gasteiger charge is -2.25. The van der Waals surface area contributed by atoms with E-state index in [0.717, 1.165) is 31.4 Å². The Balaban J connectivity index is 1.68. The Morgan fingerprint density at radius 3 is 2.54 bits per heavy atom. The van der Waals surface area contributed by atoms with Crippen molar-refractivity contribution in [2.45, 2.75) is 19.3 Å². The number of carbonyl (C=O) groups excluding carboxylic acids is 2. The molecule has 1 N–H and O–H groups in total. The van der Waals surface area contributed by atoms with Crippen LogP contribution >= 0.6 is 0 Å². The molecule has 2 amide bonds. The summed E-state index contributed by atoms with van der Waals surface area (Å²) in [5, 5.41) is 2.50. The molecule has 0 bridgehead atoms. The number of rotatable bonds is 3. The van der Waals surface area contributed by atoms with E-state index < -0.39 is 17.5 Å². The highest BCUT2D eigenvalue weighted by Crippen LogP contribution is 2.20. The van der Waals surface area contributed by atoms with Crippen molar-refractivity contribution in [1.82, 2.24) is 14.3 Å². The summed E-state index contributed by atoms with van der Waals surface area (Å²) in [6.07, 6.45) is 4.62. The van der Waals surface area contributed by atoms with Gasteiger partial charge in [-0.15, -0.1) is 0 Å². The number of hydrogen-bond donors (Lipinski definition) is 1. The molecule has 1 aliphatic rings. The Kier molecular flexibility index (Phi) is 4.77. The van der Waals surface area contributed by atoms with E-state index >= 15 is 0 Å². The van der Waals surface area contributed by atoms with Crippen LogP contribution < -0.4 is 5.32 Å². The third kappa shape index (κ3) is 3.33. The number of benzene rings is 1. The first-order valence-corrected chi connectivity index (χ1v) is 9.07. The van der Waals surface area contributed by atoms with Gasteiger partial charge in [0.2, 0.25) is 5.82 Å². The normalized spacial score (nSPS) is 14.3. The van der Waals surface area contributed by atoms with Crippen LogP contribution in [0.2, 0.25) is 0 Å². The Morgan fingerprint density at radius 1 is 1.00 bits per heavy atom. The smallest absolute Gasteiger partial charge is 0.292 e. The van der Waals surface area contributed by atoms with Crippen LogP contribution in [0, 0.1) is 11.6 Å². The number of carbonyl (C=O) groups is 2. The van der Waals surface area contributed by atoms with Crippen LogP contribution in [0.25, 0.3) is 5.52 Å². The third-order valence-electron chi connectivity index (χ3n) is 4.77. The maximum absolute atomic E-state index is 13.4. The van der Waals surface area contributed by atoms with Crippen LogP contribution in [0.4, 0.5) is 14.5 Å². The monoisotopic (exact) mass is 384 g/mol. The number of likely N-dealkylation sites (tertiary alicyclic amines) is 1. The van der Waals surface area contributed by atoms with Gasteiger partial charge in [-0.2, -0.15) is 0 Å². The lowest BCUT2D eigenvalue weighted by atomic mass is 10.1. The molecule has 3 heterocycles. The first-order chi connectivity index (χ1) is 13.5. The van der Waals surface area contributed by atoms with Crippen LogP contribution in [0.5, 0.6) is 0 Å². The number of hydrogen-bond acceptors (Lipinski definition) is 3. The van der Waals surface area contributed by atoms with Gasteiger partial charge >= 0.3 is 0 Å². The molecule has 2 aromatic heterocycles. The van der Waals surface area contributed by atoms with Gasteiger partial charge in [0, 0.05) is 31.0 Å². The van der Waals surface area contributed by atoms with E-state index in [0.29, 0.717) is 18.6 Å². The Hall–Kier alpha value is -3.29. The van der Waals surface area contributed by atoms with E-state index in [1.807, 2.05) is 0 Å². The van der Waals surface area contributed by atoms with Crippen molar-refractivity contribution >= 4 is 23.0 Å². The number of nitrogens with zero attached hydrogens (tertiary/aromatic N) is 3. The molecular weight excluding hydrogens is 366 g/mol. The van der Waals surface area contributed by atoms with Crippen molar-refractivity contribution < 1.29 is 18.4 Å². The van der Waals surface area contributed by atoms with E-state index in [1.165, 1.54) is 10.5 Å². The average molecular weight is 384 g/mol. The molecule has 1 aromatic carbocycles. The Morgan fingerprint density at radius 2 is 1.79 bits per heavy atom. The van der Waals surface area contributed by atoms with Crippen LogP contribution in [0.1, 0.15) is 40.4 Å². The number of nitrogens with one attached hydrogen (secondary N) is 1. The van der Waals surface area contributed by atoms with Crippen molar-refractivity contribution in [3.63, 3.8) is 0 Å². The SMILES string of the molecule is O=C(Nc1ccc(F)c(F)c1)c1nc(C(=O)N2CCCCC2)c2ccccn12. The summed E-state index contributed by atoms with van der Waals surface area (Å²) < 4.78 is 28.0. The van der Waals surface area contributed by atoms with E-state index in [4.69, 9.17) is 0 Å². The second kappa shape index (κ2) is 7.38. The predicted octanol–water partition coefficient (Wildman–Crippen LogP) is 3.49. The number of pyridine rings is 1. The summed E-state index contributed by atoms with van der Waals surface area (Å²) in [5.74, 6) is -2.90. The lowest BCUT2D eigenvalue weighted by Crippen LogP contribution is -2.36. The molecule has 0 spiro atoms. The molecule has 0 saturated carbocycles. The molecule has 8 heteroatoms. The highest BCUT2D eigenvalue weighted by molar-refractivity contribution is 6.06. The van der Waals surface area contributed by atoms with Crippen LogP contribution in [-0.4, -0.2) is 39.2 Å². The molecule has 1 fully saturated rings. The minimum Gasteiger partial charge on any atom is -0.337 e. The molecule has 0 aliphatic carbocycles. The summed E-state index contributed by atoms with van der Waals surface area (Å²) in [6, 6.07) is 8.28. The highest BCUT2D eigenvalue weighted by Gasteiger charge is 2.26. The fourth-order valence-corrected chi connectivity index (χ4v) is 3.36. The quantitative estimate of drug-likeness (QED) is 0.752. The van der Waals surface area contributed by atoms with Crippen molar-refractivity contribution in [2.75, 3.05) is 18.4 Å². The third-order valence-corrected chi connectivity index (χ3v) is 4.77. The maximum atomic E-state index is 13.4. The van der Waals surface area contributed by atoms with Gasteiger partial charge in [-0.25, -0.2) is 13.8 Å². The average Bonchev–Trinajstić information content (AvgIpc) is 3.11. The fourth-order valence-electron chi connectivity index (χ4n) is 3.36. The van der Waals surface area contributed by atoms with E-state index in [9.17, 15) is 18.4 Å². The van der Waals surface area contributed by atoms with Gasteiger partial charge in [0.05, 0.1) is 5.52 Å². The van der Waals surface area contributed by atoms with E-state index in [2.05, 4.69) is 10.3 Å². The topological polar surface area (TPSA) is 66.7 Å². The largest absolute Gasteiger partial charge is 0.337 e. The minimum absolute atomic E-state index is 0.000641. The van der Waals surface area contributed by atoms with Gasteiger partial charge in [0.1, 0.15) is 0 Å². The summed E-state index contributed by atoms with van der Waals surface area (Å²) in [6.45, 7) is 1.34. The fraction of sp³-hybridized carbons (Fsp3) is 0.250. The summed E-state index contributed by atoms with van der Waals surface area (Å²) in [4.78, 5) is 31.7. The first kappa shape index (κ1) is 18.1. The number of aromatic nitrogens is 2. The number of piperidine rings is 1. The molecule has 0 radical (unpaired) electrons. The van der Waals surface area contributed by atoms with Gasteiger partial charge in [-0.1, -0.05) is 6.07 Å². The molecule has 6 nitrogen and oxygen atoms in total. The Labute approximate surface area is 159 Å². The van der Waals surface area contributed by atoms with E-state index in [-0.39, 0.29) is 23.1 Å². The van der Waals surface area contributed by atoms with Crippen molar-refractivity contribution in [3.8, 4) is 0 Å². The number of imidazole rings is 1. The zero-order chi connectivity index (χ0) is 19.7. The molecule has 4 rings (SSSR count). The predicted molar refractivity (Wildman–Crippen MR) is 99.3 cm³/mol. The Bertz CT molecular complexity index is 1060. The van der Waals surface area contributed by atoms with Gasteiger partial charge < -0.3 is 10.2 Å². The van der Waals surface area contributed by atoms with Crippen LogP contribution in [0.15, 0.2) is 42.6 Å². The summed E-state index contributed by atoms with van der Waals surface area (Å²) in [7, 11) is 0. The van der Waals surface area contributed by atoms with E-state index in [1.54, 1.807) is 29.3 Å². The minimum atomic E-state index is -1.06. The number of fused-ring (bicyclic) bond motifs is 1. The van der Waals surface area contributed by atoms with Gasteiger partial charge in [0.15, 0.2) is 17.3 Å². The van der Waals surface area contributed by atoms with Crippen molar-refractivity contribution in [3.05, 3.63) is 65.7 Å². The first-order valence-electron chi connectivity index (χ1n) is 9.07. The summed E-state index contributed by atoms with van der Waals surface area (Å²) in [5.41, 5.74) is 0.826. The molecule has 1 aliphatic heterocycles. The lowest BCUT2D eigenvalue weighted by molar-refractivity contribution is 0.0721. The number of anilines is 1. The highest BCUT2D eigenvalue weighted by atomic mass is 19.2. The molecular formula is C20H18F2N4O2. The number of amides is 2. The maximum Gasteiger partial charge on any atom is 0.292 e. The molecule has 28 heavy (non-hydrogen) atoms. The van der Waals surface area contributed by atoms with Crippen LogP contribution in [-0.2, 0) is 0 Å². The standard InChI is InChI=1S/C20H18F2N4O2/c21-14-8-7-13(12-15(14)22)23-19(27)18-24-17(16-6-2-5-11-26(16)18)20(28)25-9-3-1-4-10-25/h2,5-8,11-12H,1,3-4,9-10H2,(H,23,27).